The average molecular weight is 322 g/mol. The van der Waals surface area contributed by atoms with E-state index < -0.39 is 0 Å². The SMILES string of the molecule is Cc1cc(C)cc(NC(=O)N2CC(Oc3cc(C#N)ccn3)C2)c1. The van der Waals surface area contributed by atoms with Gasteiger partial charge < -0.3 is 15.0 Å². The smallest absolute Gasteiger partial charge is 0.322 e. The fourth-order valence-electron chi connectivity index (χ4n) is 2.64. The number of likely N-dealkylation sites (tertiary alicyclic amines) is 1. The number of carbonyl (C=O) groups is 1. The number of urea groups is 1. The molecule has 3 rings (SSSR count). The molecule has 6 heteroatoms. The van der Waals surface area contributed by atoms with Crippen LogP contribution in [0.3, 0.4) is 0 Å². The largest absolute Gasteiger partial charge is 0.471 e. The van der Waals surface area contributed by atoms with Crippen LogP contribution in [0.25, 0.3) is 0 Å². The minimum absolute atomic E-state index is 0.101. The number of amides is 2. The summed E-state index contributed by atoms with van der Waals surface area (Å²) in [5.41, 5.74) is 3.52. The minimum Gasteiger partial charge on any atom is -0.471 e. The molecule has 1 saturated heterocycles. The predicted molar refractivity (Wildman–Crippen MR) is 89.9 cm³/mol. The molecular weight excluding hydrogens is 304 g/mol. The molecule has 2 heterocycles. The van der Waals surface area contributed by atoms with E-state index in [2.05, 4.69) is 16.4 Å². The van der Waals surface area contributed by atoms with Crippen molar-refractivity contribution in [1.82, 2.24) is 9.88 Å². The van der Waals surface area contributed by atoms with Crippen molar-refractivity contribution in [2.45, 2.75) is 20.0 Å². The third-order valence-electron chi connectivity index (χ3n) is 3.76. The molecule has 0 unspecified atom stereocenters. The van der Waals surface area contributed by atoms with Crippen LogP contribution in [0.4, 0.5) is 10.5 Å². The number of hydrogen-bond donors (Lipinski definition) is 1. The highest BCUT2D eigenvalue weighted by atomic mass is 16.5. The number of benzene rings is 1. The van der Waals surface area contributed by atoms with Crippen molar-refractivity contribution in [2.75, 3.05) is 18.4 Å². The van der Waals surface area contributed by atoms with E-state index in [1.165, 1.54) is 6.20 Å². The molecule has 6 nitrogen and oxygen atoms in total. The van der Waals surface area contributed by atoms with Gasteiger partial charge in [-0.05, 0) is 43.2 Å². The number of anilines is 1. The number of hydrogen-bond acceptors (Lipinski definition) is 4. The molecular formula is C18H18N4O2. The van der Waals surface area contributed by atoms with Crippen molar-refractivity contribution in [3.05, 3.63) is 53.2 Å². The lowest BCUT2D eigenvalue weighted by atomic mass is 10.1. The van der Waals surface area contributed by atoms with Crippen molar-refractivity contribution < 1.29 is 9.53 Å². The maximum atomic E-state index is 12.2. The number of rotatable bonds is 3. The highest BCUT2D eigenvalue weighted by Crippen LogP contribution is 2.19. The number of nitriles is 1. The van der Waals surface area contributed by atoms with Crippen molar-refractivity contribution in [1.29, 1.82) is 5.26 Å². The maximum Gasteiger partial charge on any atom is 0.322 e. The first-order valence-electron chi connectivity index (χ1n) is 7.70. The normalized spacial score (nSPS) is 13.8. The second-order valence-corrected chi connectivity index (χ2v) is 5.95. The molecule has 0 atom stereocenters. The molecule has 1 aliphatic rings. The Balaban J connectivity index is 1.52. The third-order valence-corrected chi connectivity index (χ3v) is 3.76. The van der Waals surface area contributed by atoms with Crippen LogP contribution in [-0.2, 0) is 0 Å². The van der Waals surface area contributed by atoms with E-state index >= 15 is 0 Å². The highest BCUT2D eigenvalue weighted by molar-refractivity contribution is 5.90. The molecule has 122 valence electrons. The molecule has 0 saturated carbocycles. The molecule has 2 amide bonds. The Bertz CT molecular complexity index is 787. The number of pyridine rings is 1. The van der Waals surface area contributed by atoms with Gasteiger partial charge in [0.15, 0.2) is 0 Å². The summed E-state index contributed by atoms with van der Waals surface area (Å²) in [4.78, 5) is 18.0. The van der Waals surface area contributed by atoms with Gasteiger partial charge in [0.2, 0.25) is 5.88 Å². The molecule has 1 fully saturated rings. The van der Waals surface area contributed by atoms with Crippen molar-refractivity contribution >= 4 is 11.7 Å². The second kappa shape index (κ2) is 6.59. The van der Waals surface area contributed by atoms with E-state index in [0.717, 1.165) is 16.8 Å². The second-order valence-electron chi connectivity index (χ2n) is 5.95. The van der Waals surface area contributed by atoms with Crippen molar-refractivity contribution in [3.8, 4) is 11.9 Å². The Hall–Kier alpha value is -3.07. The van der Waals surface area contributed by atoms with E-state index in [4.69, 9.17) is 10.00 Å². The first-order chi connectivity index (χ1) is 11.5. The van der Waals surface area contributed by atoms with Gasteiger partial charge in [-0.25, -0.2) is 9.78 Å². The molecule has 0 spiro atoms. The fraction of sp³-hybridized carbons (Fsp3) is 0.278. The monoisotopic (exact) mass is 322 g/mol. The summed E-state index contributed by atoms with van der Waals surface area (Å²) in [7, 11) is 0. The van der Waals surface area contributed by atoms with E-state index in [1.54, 1.807) is 17.0 Å². The number of carbonyl (C=O) groups excluding carboxylic acids is 1. The Morgan fingerprint density at radius 1 is 1.29 bits per heavy atom. The topological polar surface area (TPSA) is 78.3 Å². The van der Waals surface area contributed by atoms with Crippen LogP contribution in [0, 0.1) is 25.2 Å². The van der Waals surface area contributed by atoms with Gasteiger partial charge in [-0.15, -0.1) is 0 Å². The molecule has 1 aliphatic heterocycles. The zero-order chi connectivity index (χ0) is 17.1. The summed E-state index contributed by atoms with van der Waals surface area (Å²) in [6.45, 7) is 4.99. The van der Waals surface area contributed by atoms with Gasteiger partial charge in [-0.1, -0.05) is 6.07 Å². The van der Waals surface area contributed by atoms with Crippen LogP contribution < -0.4 is 10.1 Å². The number of aryl methyl sites for hydroxylation is 2. The maximum absolute atomic E-state index is 12.2. The third kappa shape index (κ3) is 3.63. The Kier molecular flexibility index (Phi) is 4.34. The quantitative estimate of drug-likeness (QED) is 0.942. The summed E-state index contributed by atoms with van der Waals surface area (Å²) in [6.07, 6.45) is 1.44. The lowest BCUT2D eigenvalue weighted by Crippen LogP contribution is -2.57. The van der Waals surface area contributed by atoms with E-state index in [9.17, 15) is 4.79 Å². The zero-order valence-electron chi connectivity index (χ0n) is 13.6. The Morgan fingerprint density at radius 3 is 2.67 bits per heavy atom. The number of ether oxygens (including phenoxy) is 1. The Labute approximate surface area is 140 Å². The van der Waals surface area contributed by atoms with E-state index in [-0.39, 0.29) is 12.1 Å². The molecule has 24 heavy (non-hydrogen) atoms. The number of aromatic nitrogens is 1. The zero-order valence-corrected chi connectivity index (χ0v) is 13.6. The summed E-state index contributed by atoms with van der Waals surface area (Å²) >= 11 is 0. The molecule has 0 radical (unpaired) electrons. The van der Waals surface area contributed by atoms with Gasteiger partial charge in [0.25, 0.3) is 0 Å². The van der Waals surface area contributed by atoms with Gasteiger partial charge >= 0.3 is 6.03 Å². The van der Waals surface area contributed by atoms with Crippen LogP contribution in [-0.4, -0.2) is 35.1 Å². The Morgan fingerprint density at radius 2 is 2.00 bits per heavy atom. The molecule has 1 N–H and O–H groups in total. The number of nitrogens with zero attached hydrogens (tertiary/aromatic N) is 3. The summed E-state index contributed by atoms with van der Waals surface area (Å²) in [5, 5.41) is 11.8. The summed E-state index contributed by atoms with van der Waals surface area (Å²) < 4.78 is 5.68. The van der Waals surface area contributed by atoms with Crippen molar-refractivity contribution in [2.24, 2.45) is 0 Å². The molecule has 0 bridgehead atoms. The average Bonchev–Trinajstić information content (AvgIpc) is 2.49. The minimum atomic E-state index is -0.140. The predicted octanol–water partition coefficient (Wildman–Crippen LogP) is 2.87. The highest BCUT2D eigenvalue weighted by Gasteiger charge is 2.32. The van der Waals surface area contributed by atoms with Crippen LogP contribution in [0.5, 0.6) is 5.88 Å². The lowest BCUT2D eigenvalue weighted by molar-refractivity contribution is 0.0461. The molecule has 0 aliphatic carbocycles. The van der Waals surface area contributed by atoms with Crippen molar-refractivity contribution in [3.63, 3.8) is 0 Å². The molecule has 2 aromatic rings. The standard InChI is InChI=1S/C18H18N4O2/c1-12-5-13(2)7-15(6-12)21-18(23)22-10-16(11-22)24-17-8-14(9-19)3-4-20-17/h3-8,16H,10-11H2,1-2H3,(H,21,23). The first-order valence-corrected chi connectivity index (χ1v) is 7.70. The lowest BCUT2D eigenvalue weighted by Gasteiger charge is -2.38. The summed E-state index contributed by atoms with van der Waals surface area (Å²) in [5.74, 6) is 0.411. The summed E-state index contributed by atoms with van der Waals surface area (Å²) in [6, 6.07) is 11.1. The molecule has 1 aromatic heterocycles. The van der Waals surface area contributed by atoms with Gasteiger partial charge in [0, 0.05) is 18.0 Å². The van der Waals surface area contributed by atoms with Gasteiger partial charge in [0.1, 0.15) is 6.10 Å². The number of nitrogens with one attached hydrogen (secondary N) is 1. The molecule has 1 aromatic carbocycles. The van der Waals surface area contributed by atoms with Crippen LogP contribution in [0.1, 0.15) is 16.7 Å². The first kappa shape index (κ1) is 15.8. The van der Waals surface area contributed by atoms with Crippen LogP contribution in [0.15, 0.2) is 36.5 Å². The van der Waals surface area contributed by atoms with Gasteiger partial charge in [-0.2, -0.15) is 5.26 Å². The van der Waals surface area contributed by atoms with Gasteiger partial charge in [0.05, 0.1) is 24.7 Å². The van der Waals surface area contributed by atoms with Crippen LogP contribution in [0.2, 0.25) is 0 Å². The van der Waals surface area contributed by atoms with Gasteiger partial charge in [-0.3, -0.25) is 0 Å². The van der Waals surface area contributed by atoms with E-state index in [0.29, 0.717) is 24.5 Å². The van der Waals surface area contributed by atoms with Crippen LogP contribution >= 0.6 is 0 Å². The fourth-order valence-corrected chi connectivity index (χ4v) is 2.64. The van der Waals surface area contributed by atoms with E-state index in [1.807, 2.05) is 32.0 Å².